The first kappa shape index (κ1) is 9.24. The third-order valence-electron chi connectivity index (χ3n) is 2.54. The van der Waals surface area contributed by atoms with Gasteiger partial charge in [-0.1, -0.05) is 11.6 Å². The molecule has 0 spiro atoms. The minimum Gasteiger partial charge on any atom is -0.489 e. The molecule has 1 aliphatic rings. The van der Waals surface area contributed by atoms with Gasteiger partial charge < -0.3 is 9.64 Å². The van der Waals surface area contributed by atoms with Gasteiger partial charge in [0.1, 0.15) is 12.4 Å². The highest BCUT2D eigenvalue weighted by Crippen LogP contribution is 2.37. The van der Waals surface area contributed by atoms with E-state index in [4.69, 9.17) is 16.3 Å². The smallest absolute Gasteiger partial charge is 0.184 e. The molecule has 0 aliphatic carbocycles. The Hall–Kier alpha value is -1.00. The van der Waals surface area contributed by atoms with E-state index >= 15 is 0 Å². The fourth-order valence-electron chi connectivity index (χ4n) is 1.74. The van der Waals surface area contributed by atoms with Gasteiger partial charge in [-0.3, -0.25) is 0 Å². The van der Waals surface area contributed by atoms with Crippen molar-refractivity contribution in [3.8, 4) is 5.75 Å². The van der Waals surface area contributed by atoms with Crippen LogP contribution in [0.25, 0.3) is 10.2 Å². The van der Waals surface area contributed by atoms with Crippen molar-refractivity contribution in [2.24, 2.45) is 0 Å². The number of benzene rings is 1. The summed E-state index contributed by atoms with van der Waals surface area (Å²) in [6, 6.07) is 4.05. The van der Waals surface area contributed by atoms with E-state index in [1.807, 2.05) is 6.07 Å². The number of aromatic nitrogens is 1. The van der Waals surface area contributed by atoms with E-state index < -0.39 is 0 Å². The topological polar surface area (TPSA) is 25.4 Å². The number of halogens is 1. The van der Waals surface area contributed by atoms with Crippen LogP contribution in [-0.2, 0) is 0 Å². The van der Waals surface area contributed by atoms with Crippen molar-refractivity contribution in [3.05, 3.63) is 16.6 Å². The summed E-state index contributed by atoms with van der Waals surface area (Å²) in [6.45, 7) is 1.65. The first-order valence-corrected chi connectivity index (χ1v) is 5.87. The maximum atomic E-state index is 5.88. The third kappa shape index (κ3) is 1.44. The molecular formula is C10H9ClN2OS. The zero-order valence-electron chi connectivity index (χ0n) is 8.16. The summed E-state index contributed by atoms with van der Waals surface area (Å²) < 4.78 is 7.28. The Labute approximate surface area is 96.2 Å². The van der Waals surface area contributed by atoms with E-state index in [0.717, 1.165) is 34.8 Å². The molecule has 15 heavy (non-hydrogen) atoms. The molecule has 0 fully saturated rings. The Morgan fingerprint density at radius 2 is 2.40 bits per heavy atom. The van der Waals surface area contributed by atoms with Crippen molar-refractivity contribution in [2.45, 2.75) is 0 Å². The second-order valence-corrected chi connectivity index (χ2v) is 5.14. The van der Waals surface area contributed by atoms with Crippen LogP contribution in [0.4, 0.5) is 5.69 Å². The number of rotatable bonds is 0. The van der Waals surface area contributed by atoms with Crippen molar-refractivity contribution < 1.29 is 4.74 Å². The van der Waals surface area contributed by atoms with Gasteiger partial charge in [0.15, 0.2) is 4.47 Å². The van der Waals surface area contributed by atoms with Crippen LogP contribution in [0.15, 0.2) is 12.1 Å². The zero-order valence-corrected chi connectivity index (χ0v) is 9.73. The van der Waals surface area contributed by atoms with Crippen LogP contribution < -0.4 is 9.64 Å². The standard InChI is InChI=1S/C10H9ClN2OS/c1-13-2-3-14-8-4-6-9(5-7(8)13)15-10(11)12-6/h4-5H,2-3H2,1H3. The lowest BCUT2D eigenvalue weighted by Gasteiger charge is -2.27. The summed E-state index contributed by atoms with van der Waals surface area (Å²) in [6.07, 6.45) is 0. The van der Waals surface area contributed by atoms with E-state index in [2.05, 4.69) is 23.0 Å². The molecule has 78 valence electrons. The number of ether oxygens (including phenoxy) is 1. The van der Waals surface area contributed by atoms with Gasteiger partial charge >= 0.3 is 0 Å². The van der Waals surface area contributed by atoms with Crippen LogP contribution in [0, 0.1) is 0 Å². The van der Waals surface area contributed by atoms with Crippen molar-refractivity contribution in [3.63, 3.8) is 0 Å². The van der Waals surface area contributed by atoms with E-state index in [1.165, 1.54) is 11.3 Å². The van der Waals surface area contributed by atoms with Gasteiger partial charge in [0, 0.05) is 13.1 Å². The monoisotopic (exact) mass is 240 g/mol. The summed E-state index contributed by atoms with van der Waals surface area (Å²) in [7, 11) is 2.07. The summed E-state index contributed by atoms with van der Waals surface area (Å²) in [4.78, 5) is 6.42. The van der Waals surface area contributed by atoms with Crippen molar-refractivity contribution in [1.82, 2.24) is 4.98 Å². The van der Waals surface area contributed by atoms with Crippen molar-refractivity contribution in [2.75, 3.05) is 25.1 Å². The van der Waals surface area contributed by atoms with E-state index in [0.29, 0.717) is 4.47 Å². The quantitative estimate of drug-likeness (QED) is 0.708. The van der Waals surface area contributed by atoms with E-state index in [9.17, 15) is 0 Å². The summed E-state index contributed by atoms with van der Waals surface area (Å²) in [5.41, 5.74) is 2.04. The average Bonchev–Trinajstić information content (AvgIpc) is 2.55. The van der Waals surface area contributed by atoms with Crippen molar-refractivity contribution >= 4 is 38.8 Å². The summed E-state index contributed by atoms with van der Waals surface area (Å²) >= 11 is 7.38. The predicted octanol–water partition coefficient (Wildman–Crippen LogP) is 2.78. The van der Waals surface area contributed by atoms with E-state index in [-0.39, 0.29) is 0 Å². The molecule has 0 saturated heterocycles. The van der Waals surface area contributed by atoms with Gasteiger partial charge in [-0.15, -0.1) is 11.3 Å². The largest absolute Gasteiger partial charge is 0.489 e. The highest BCUT2D eigenvalue weighted by molar-refractivity contribution is 7.22. The molecule has 1 aromatic heterocycles. The lowest BCUT2D eigenvalue weighted by molar-refractivity contribution is 0.312. The second-order valence-electron chi connectivity index (χ2n) is 3.52. The van der Waals surface area contributed by atoms with Gasteiger partial charge in [-0.25, -0.2) is 4.98 Å². The predicted molar refractivity (Wildman–Crippen MR) is 63.4 cm³/mol. The van der Waals surface area contributed by atoms with Crippen LogP contribution in [0.3, 0.4) is 0 Å². The number of anilines is 1. The highest BCUT2D eigenvalue weighted by atomic mass is 35.5. The number of fused-ring (bicyclic) bond motifs is 2. The number of hydrogen-bond donors (Lipinski definition) is 0. The van der Waals surface area contributed by atoms with Crippen LogP contribution in [0.5, 0.6) is 5.75 Å². The molecule has 3 rings (SSSR count). The molecule has 0 unspecified atom stereocenters. The molecule has 0 amide bonds. The van der Waals surface area contributed by atoms with Crippen LogP contribution in [0.2, 0.25) is 4.47 Å². The molecule has 1 aromatic carbocycles. The van der Waals surface area contributed by atoms with Crippen LogP contribution in [-0.4, -0.2) is 25.2 Å². The Balaban J connectivity index is 2.26. The molecule has 3 nitrogen and oxygen atoms in total. The van der Waals surface area contributed by atoms with Gasteiger partial charge in [-0.2, -0.15) is 0 Å². The molecule has 0 saturated carbocycles. The number of hydrogen-bond acceptors (Lipinski definition) is 4. The van der Waals surface area contributed by atoms with Crippen LogP contribution in [0.1, 0.15) is 0 Å². The normalized spacial score (nSPS) is 15.2. The molecule has 0 radical (unpaired) electrons. The van der Waals surface area contributed by atoms with Gasteiger partial charge in [0.25, 0.3) is 0 Å². The van der Waals surface area contributed by atoms with Crippen molar-refractivity contribution in [1.29, 1.82) is 0 Å². The molecule has 1 aliphatic heterocycles. The molecule has 5 heteroatoms. The van der Waals surface area contributed by atoms with Gasteiger partial charge in [-0.05, 0) is 6.07 Å². The fourth-order valence-corrected chi connectivity index (χ4v) is 2.79. The Morgan fingerprint density at radius 3 is 3.27 bits per heavy atom. The molecular weight excluding hydrogens is 232 g/mol. The second kappa shape index (κ2) is 3.25. The first-order valence-electron chi connectivity index (χ1n) is 4.68. The number of thiazole rings is 1. The molecule has 2 heterocycles. The van der Waals surface area contributed by atoms with Gasteiger partial charge in [0.2, 0.25) is 0 Å². The zero-order chi connectivity index (χ0) is 10.4. The van der Waals surface area contributed by atoms with Crippen LogP contribution >= 0.6 is 22.9 Å². The molecule has 0 atom stereocenters. The maximum absolute atomic E-state index is 5.88. The summed E-state index contributed by atoms with van der Waals surface area (Å²) in [5.74, 6) is 0.901. The molecule has 0 N–H and O–H groups in total. The third-order valence-corrected chi connectivity index (χ3v) is 3.66. The SMILES string of the molecule is CN1CCOc2cc3nc(Cl)sc3cc21. The lowest BCUT2D eigenvalue weighted by atomic mass is 10.2. The number of nitrogens with zero attached hydrogens (tertiary/aromatic N) is 2. The Kier molecular flexibility index (Phi) is 2.00. The maximum Gasteiger partial charge on any atom is 0.184 e. The average molecular weight is 241 g/mol. The minimum absolute atomic E-state index is 0.579. The number of likely N-dealkylation sites (N-methyl/N-ethyl adjacent to an activating group) is 1. The summed E-state index contributed by atoms with van der Waals surface area (Å²) in [5, 5.41) is 0. The minimum atomic E-state index is 0.579. The van der Waals surface area contributed by atoms with Gasteiger partial charge in [0.05, 0.1) is 22.4 Å². The molecule has 2 aromatic rings. The lowest BCUT2D eigenvalue weighted by Crippen LogP contribution is -2.28. The Bertz CT molecular complexity index is 525. The Morgan fingerprint density at radius 1 is 1.53 bits per heavy atom. The molecule has 0 bridgehead atoms. The van der Waals surface area contributed by atoms with E-state index in [1.54, 1.807) is 0 Å². The highest BCUT2D eigenvalue weighted by Gasteiger charge is 2.17. The first-order chi connectivity index (χ1) is 7.24. The fraction of sp³-hybridized carbons (Fsp3) is 0.300.